The molecule has 0 aromatic carbocycles. The van der Waals surface area contributed by atoms with E-state index in [1.807, 2.05) is 26.8 Å². The van der Waals surface area contributed by atoms with Gasteiger partial charge >= 0.3 is 0 Å². The van der Waals surface area contributed by atoms with Gasteiger partial charge in [-0.05, 0) is 76.5 Å². The third-order valence-electron chi connectivity index (χ3n) is 11.8. The molecule has 10 atom stereocenters. The summed E-state index contributed by atoms with van der Waals surface area (Å²) < 4.78 is 0. The Bertz CT molecular complexity index is 1080. The smallest absolute Gasteiger partial charge is 0.170 e. The van der Waals surface area contributed by atoms with E-state index in [1.165, 1.54) is 20.8 Å². The van der Waals surface area contributed by atoms with E-state index in [0.717, 1.165) is 5.57 Å². The van der Waals surface area contributed by atoms with Crippen molar-refractivity contribution in [3.05, 3.63) is 11.6 Å². The zero-order valence-corrected chi connectivity index (χ0v) is 24.0. The molecule has 0 bridgehead atoms. The average molecular weight is 535 g/mol. The van der Waals surface area contributed by atoms with Gasteiger partial charge in [-0.25, -0.2) is 0 Å². The maximum absolute atomic E-state index is 14.2. The highest BCUT2D eigenvalue weighted by Gasteiger charge is 2.74. The monoisotopic (exact) mass is 534 g/mol. The molecule has 0 aromatic heterocycles. The molecule has 3 saturated carbocycles. The van der Waals surface area contributed by atoms with Gasteiger partial charge in [-0.15, -0.1) is 0 Å². The van der Waals surface area contributed by atoms with Crippen LogP contribution in [0.15, 0.2) is 11.6 Å². The number of hydrogen-bond donors (Lipinski definition) is 5. The second-order valence-electron chi connectivity index (χ2n) is 14.7. The highest BCUT2D eigenvalue weighted by atomic mass is 16.3. The van der Waals surface area contributed by atoms with E-state index in [1.54, 1.807) is 13.8 Å². The van der Waals surface area contributed by atoms with Crippen molar-refractivity contribution in [3.8, 4) is 0 Å². The molecule has 8 nitrogen and oxygen atoms in total. The number of ketones is 3. The van der Waals surface area contributed by atoms with Crippen molar-refractivity contribution in [3.63, 3.8) is 0 Å². The van der Waals surface area contributed by atoms with Crippen LogP contribution in [0.2, 0.25) is 0 Å². The number of carbonyl (C=O) groups is 3. The number of hydrogen-bond acceptors (Lipinski definition) is 8. The first-order valence-corrected chi connectivity index (χ1v) is 13.9. The molecular formula is C30H46O8. The fourth-order valence-corrected chi connectivity index (χ4v) is 9.20. The number of allylic oxidation sites excluding steroid dienone is 2. The molecule has 4 aliphatic carbocycles. The summed E-state index contributed by atoms with van der Waals surface area (Å²) in [5, 5.41) is 54.3. The lowest BCUT2D eigenvalue weighted by molar-refractivity contribution is -0.186. The minimum atomic E-state index is -2.04. The second kappa shape index (κ2) is 8.53. The highest BCUT2D eigenvalue weighted by Crippen LogP contribution is 2.74. The van der Waals surface area contributed by atoms with Gasteiger partial charge in [0.05, 0.1) is 17.8 Å². The van der Waals surface area contributed by atoms with E-state index in [0.29, 0.717) is 6.42 Å². The lowest BCUT2D eigenvalue weighted by atomic mass is 9.38. The van der Waals surface area contributed by atoms with E-state index in [9.17, 15) is 39.9 Å². The van der Waals surface area contributed by atoms with Crippen LogP contribution in [0.1, 0.15) is 87.5 Å². The Balaban J connectivity index is 1.77. The molecule has 0 heterocycles. The quantitative estimate of drug-likeness (QED) is 0.336. The van der Waals surface area contributed by atoms with Gasteiger partial charge in [-0.1, -0.05) is 32.4 Å². The number of Topliss-reactive ketones (excluding diaryl/α,β-unsaturated/α-hetero) is 3. The number of aliphatic hydroxyl groups is 5. The lowest BCUT2D eigenvalue weighted by Crippen LogP contribution is -2.65. The second-order valence-corrected chi connectivity index (χ2v) is 14.7. The van der Waals surface area contributed by atoms with Crippen LogP contribution >= 0.6 is 0 Å². The van der Waals surface area contributed by atoms with E-state index in [2.05, 4.69) is 0 Å². The number of fused-ring (bicyclic) bond motifs is 5. The van der Waals surface area contributed by atoms with Crippen LogP contribution < -0.4 is 0 Å². The summed E-state index contributed by atoms with van der Waals surface area (Å²) in [6.07, 6.45) is -1.07. The van der Waals surface area contributed by atoms with Crippen LogP contribution in [0.25, 0.3) is 0 Å². The van der Waals surface area contributed by atoms with Crippen molar-refractivity contribution < 1.29 is 39.9 Å². The first-order chi connectivity index (χ1) is 17.1. The van der Waals surface area contributed by atoms with Crippen molar-refractivity contribution >= 4 is 17.3 Å². The first-order valence-electron chi connectivity index (χ1n) is 13.9. The number of aliphatic hydroxyl groups excluding tert-OH is 3. The van der Waals surface area contributed by atoms with E-state index in [-0.39, 0.29) is 42.7 Å². The molecule has 4 rings (SSSR count). The number of rotatable bonds is 5. The molecule has 5 N–H and O–H groups in total. The van der Waals surface area contributed by atoms with Crippen LogP contribution in [-0.2, 0) is 14.4 Å². The minimum Gasteiger partial charge on any atom is -0.393 e. The van der Waals surface area contributed by atoms with Gasteiger partial charge in [0.15, 0.2) is 11.6 Å². The third-order valence-corrected chi connectivity index (χ3v) is 11.8. The number of carbonyl (C=O) groups excluding carboxylic acids is 3. The first kappa shape index (κ1) is 29.5. The molecule has 0 aliphatic heterocycles. The zero-order valence-electron chi connectivity index (χ0n) is 24.0. The summed E-state index contributed by atoms with van der Waals surface area (Å²) in [5.74, 6) is -2.49. The van der Waals surface area contributed by atoms with Gasteiger partial charge in [-0.2, -0.15) is 0 Å². The molecule has 0 saturated heterocycles. The summed E-state index contributed by atoms with van der Waals surface area (Å²) in [6.45, 7) is 13.6. The van der Waals surface area contributed by atoms with E-state index < -0.39 is 69.3 Å². The fourth-order valence-electron chi connectivity index (χ4n) is 9.20. The summed E-state index contributed by atoms with van der Waals surface area (Å²) >= 11 is 0. The molecule has 0 spiro atoms. The maximum Gasteiger partial charge on any atom is 0.170 e. The van der Waals surface area contributed by atoms with Crippen molar-refractivity contribution in [1.29, 1.82) is 0 Å². The topological polar surface area (TPSA) is 152 Å². The van der Waals surface area contributed by atoms with Gasteiger partial charge in [0.2, 0.25) is 0 Å². The SMILES string of the molecule is CC1(C)C(=O)[C@H](O)C[C@H]2C1=CC[C@H]1[C@]2(C)C(=O)C[C@]2(C)[C@H]([C@](C)(O)C(=O)C[C@@H](O)C(C)(C)O)[C@H](O)C[C@]12C. The molecule has 8 heteroatoms. The average Bonchev–Trinajstić information content (AvgIpc) is 2.97. The van der Waals surface area contributed by atoms with Crippen molar-refractivity contribution in [2.45, 2.75) is 117 Å². The Labute approximate surface area is 225 Å². The summed E-state index contributed by atoms with van der Waals surface area (Å²) in [7, 11) is 0. The predicted octanol–water partition coefficient (Wildman–Crippen LogP) is 2.12. The summed E-state index contributed by atoms with van der Waals surface area (Å²) in [6, 6.07) is 0. The van der Waals surface area contributed by atoms with Crippen LogP contribution in [0.4, 0.5) is 0 Å². The molecule has 0 unspecified atom stereocenters. The molecule has 0 amide bonds. The zero-order chi connectivity index (χ0) is 29.0. The van der Waals surface area contributed by atoms with Crippen LogP contribution in [0, 0.1) is 39.4 Å². The van der Waals surface area contributed by atoms with Crippen molar-refractivity contribution in [2.24, 2.45) is 39.4 Å². The molecule has 4 aliphatic rings. The van der Waals surface area contributed by atoms with E-state index >= 15 is 0 Å². The van der Waals surface area contributed by atoms with Gasteiger partial charge < -0.3 is 25.5 Å². The Morgan fingerprint density at radius 3 is 2.18 bits per heavy atom. The predicted molar refractivity (Wildman–Crippen MR) is 140 cm³/mol. The normalized spacial score (nSPS) is 44.9. The lowest BCUT2D eigenvalue weighted by Gasteiger charge is -2.64. The summed E-state index contributed by atoms with van der Waals surface area (Å²) in [4.78, 5) is 40.4. The van der Waals surface area contributed by atoms with Crippen LogP contribution in [0.5, 0.6) is 0 Å². The molecule has 0 radical (unpaired) electrons. The molecule has 0 aromatic rings. The largest absolute Gasteiger partial charge is 0.393 e. The molecule has 214 valence electrons. The minimum absolute atomic E-state index is 0.0317. The maximum atomic E-state index is 14.2. The summed E-state index contributed by atoms with van der Waals surface area (Å²) in [5.41, 5.74) is -6.03. The molecule has 3 fully saturated rings. The Morgan fingerprint density at radius 2 is 1.63 bits per heavy atom. The fraction of sp³-hybridized carbons (Fsp3) is 0.833. The van der Waals surface area contributed by atoms with Crippen LogP contribution in [-0.4, -0.2) is 72.4 Å². The van der Waals surface area contributed by atoms with Crippen LogP contribution in [0.3, 0.4) is 0 Å². The molecular weight excluding hydrogens is 488 g/mol. The van der Waals surface area contributed by atoms with Gasteiger partial charge in [-0.3, -0.25) is 14.4 Å². The Hall–Kier alpha value is -1.45. The van der Waals surface area contributed by atoms with Crippen molar-refractivity contribution in [2.75, 3.05) is 0 Å². The Kier molecular flexibility index (Phi) is 6.63. The molecule has 38 heavy (non-hydrogen) atoms. The van der Waals surface area contributed by atoms with E-state index in [4.69, 9.17) is 0 Å². The van der Waals surface area contributed by atoms with Gasteiger partial charge in [0.1, 0.15) is 17.5 Å². The Morgan fingerprint density at radius 1 is 1.05 bits per heavy atom. The third kappa shape index (κ3) is 3.70. The van der Waals surface area contributed by atoms with Gasteiger partial charge in [0.25, 0.3) is 0 Å². The standard InChI is InChI=1S/C30H46O8/c1-25(2)15-9-10-19-27(5)13-18(32)23(30(8,38)21(34)12-20(33)26(3,4)37)28(27,6)14-22(35)29(19,7)16(15)11-17(31)24(25)36/h9,16-20,23,31-33,37-38H,10-14H2,1-8H3/t16-,17+,18+,19+,20+,23+,27+,28+,29+,30+/m0/s1. The van der Waals surface area contributed by atoms with Gasteiger partial charge in [0, 0.05) is 29.6 Å². The van der Waals surface area contributed by atoms with Crippen molar-refractivity contribution in [1.82, 2.24) is 0 Å². The highest BCUT2D eigenvalue weighted by molar-refractivity contribution is 5.95.